The van der Waals surface area contributed by atoms with Gasteiger partial charge in [0.05, 0.1) is 5.52 Å². The number of rotatable bonds is 3. The molecule has 0 fully saturated rings. The molecule has 1 aromatic heterocycles. The van der Waals surface area contributed by atoms with Crippen molar-refractivity contribution in [3.63, 3.8) is 0 Å². The van der Waals surface area contributed by atoms with Crippen LogP contribution in [0, 0.1) is 0 Å². The van der Waals surface area contributed by atoms with Crippen molar-refractivity contribution in [1.29, 1.82) is 0 Å². The van der Waals surface area contributed by atoms with Crippen molar-refractivity contribution in [3.8, 4) is 0 Å². The van der Waals surface area contributed by atoms with Crippen LogP contribution in [0.3, 0.4) is 0 Å². The maximum Gasteiger partial charge on any atom is 0.454 e. The highest BCUT2D eigenvalue weighted by atomic mass is 19.4. The lowest BCUT2D eigenvalue weighted by Gasteiger charge is -2.04. The van der Waals surface area contributed by atoms with Gasteiger partial charge < -0.3 is 4.42 Å². The quantitative estimate of drug-likeness (QED) is 0.808. The van der Waals surface area contributed by atoms with E-state index < -0.39 is 23.3 Å². The van der Waals surface area contributed by atoms with E-state index >= 15 is 0 Å². The highest BCUT2D eigenvalue weighted by Crippen LogP contribution is 2.24. The van der Waals surface area contributed by atoms with Crippen molar-refractivity contribution in [3.05, 3.63) is 34.3 Å². The number of hydrogen-bond donors (Lipinski definition) is 0. The number of nitrogens with zero attached hydrogens (tertiary/aromatic N) is 1. The molecule has 0 N–H and O–H groups in total. The molecule has 4 nitrogen and oxygen atoms in total. The van der Waals surface area contributed by atoms with Crippen LogP contribution in [0.5, 0.6) is 0 Å². The van der Waals surface area contributed by atoms with E-state index in [-0.39, 0.29) is 5.58 Å². The predicted molar refractivity (Wildman–Crippen MR) is 61.2 cm³/mol. The Bertz CT molecular complexity index is 682. The fraction of sp³-hybridized carbons (Fsp3) is 0.333. The molecule has 1 heterocycles. The second kappa shape index (κ2) is 4.56. The van der Waals surface area contributed by atoms with Gasteiger partial charge in [-0.3, -0.25) is 9.36 Å². The standard InChI is InChI=1S/C12H10F3NO3/c1-2-5-16-8-4-3-7(10(17)12(13,14)15)6-9(8)19-11(16)18/h3-4,6H,2,5H2,1H3. The Morgan fingerprint density at radius 1 is 1.37 bits per heavy atom. The number of carbonyl (C=O) groups excluding carboxylic acids is 1. The molecule has 1 aromatic carbocycles. The fourth-order valence-corrected chi connectivity index (χ4v) is 1.81. The van der Waals surface area contributed by atoms with Gasteiger partial charge in [-0.05, 0) is 24.6 Å². The third kappa shape index (κ3) is 2.40. The van der Waals surface area contributed by atoms with Crippen LogP contribution < -0.4 is 5.76 Å². The van der Waals surface area contributed by atoms with Crippen molar-refractivity contribution in [2.24, 2.45) is 0 Å². The number of carbonyl (C=O) groups is 1. The Morgan fingerprint density at radius 3 is 2.63 bits per heavy atom. The highest BCUT2D eigenvalue weighted by molar-refractivity contribution is 6.02. The van der Waals surface area contributed by atoms with Crippen LogP contribution in [0.2, 0.25) is 0 Å². The Hall–Kier alpha value is -2.05. The average Bonchev–Trinajstić information content (AvgIpc) is 2.63. The summed E-state index contributed by atoms with van der Waals surface area (Å²) in [6.45, 7) is 2.26. The Balaban J connectivity index is 2.54. The largest absolute Gasteiger partial charge is 0.454 e. The van der Waals surface area contributed by atoms with E-state index in [1.807, 2.05) is 6.92 Å². The van der Waals surface area contributed by atoms with Gasteiger partial charge >= 0.3 is 11.9 Å². The average molecular weight is 273 g/mol. The van der Waals surface area contributed by atoms with Crippen molar-refractivity contribution < 1.29 is 22.4 Å². The van der Waals surface area contributed by atoms with E-state index in [2.05, 4.69) is 0 Å². The van der Waals surface area contributed by atoms with Crippen LogP contribution in [0.25, 0.3) is 11.1 Å². The van der Waals surface area contributed by atoms with Crippen molar-refractivity contribution >= 4 is 16.9 Å². The molecule has 0 bridgehead atoms. The predicted octanol–water partition coefficient (Wildman–Crippen LogP) is 2.75. The molecule has 102 valence electrons. The Kier molecular flexibility index (Phi) is 3.21. The number of Topliss-reactive ketones (excluding diaryl/α,β-unsaturated/α-hetero) is 1. The summed E-state index contributed by atoms with van der Waals surface area (Å²) in [5.74, 6) is -2.60. The highest BCUT2D eigenvalue weighted by Gasteiger charge is 2.39. The Morgan fingerprint density at radius 2 is 2.05 bits per heavy atom. The van der Waals surface area contributed by atoms with E-state index in [9.17, 15) is 22.8 Å². The molecule has 7 heteroatoms. The maximum absolute atomic E-state index is 12.3. The number of hydrogen-bond acceptors (Lipinski definition) is 3. The first-order valence-corrected chi connectivity index (χ1v) is 5.59. The van der Waals surface area contributed by atoms with Gasteiger partial charge in [0, 0.05) is 12.1 Å². The minimum absolute atomic E-state index is 0.0199. The van der Waals surface area contributed by atoms with Crippen molar-refractivity contribution in [2.75, 3.05) is 0 Å². The van der Waals surface area contributed by atoms with Gasteiger partial charge in [0.2, 0.25) is 0 Å². The first kappa shape index (κ1) is 13.4. The van der Waals surface area contributed by atoms with Crippen LogP contribution >= 0.6 is 0 Å². The van der Waals surface area contributed by atoms with Crippen LogP contribution in [-0.4, -0.2) is 16.5 Å². The molecule has 0 aliphatic heterocycles. The van der Waals surface area contributed by atoms with Gasteiger partial charge in [0.25, 0.3) is 5.78 Å². The lowest BCUT2D eigenvalue weighted by atomic mass is 10.1. The van der Waals surface area contributed by atoms with E-state index in [1.165, 1.54) is 10.6 Å². The number of alkyl halides is 3. The first-order chi connectivity index (χ1) is 8.84. The molecule has 0 aliphatic rings. The lowest BCUT2D eigenvalue weighted by Crippen LogP contribution is -2.22. The van der Waals surface area contributed by atoms with Crippen LogP contribution in [0.1, 0.15) is 23.7 Å². The zero-order valence-electron chi connectivity index (χ0n) is 9.95. The molecule has 19 heavy (non-hydrogen) atoms. The zero-order valence-corrected chi connectivity index (χ0v) is 9.95. The number of halogens is 3. The van der Waals surface area contributed by atoms with E-state index in [1.54, 1.807) is 0 Å². The summed E-state index contributed by atoms with van der Waals surface area (Å²) in [6.07, 6.45) is -4.27. The van der Waals surface area contributed by atoms with Crippen molar-refractivity contribution in [1.82, 2.24) is 4.57 Å². The molecule has 0 unspecified atom stereocenters. The number of benzene rings is 1. The molecule has 2 aromatic rings. The summed E-state index contributed by atoms with van der Waals surface area (Å²) in [4.78, 5) is 22.6. The number of aromatic nitrogens is 1. The molecular formula is C12H10F3NO3. The Labute approximate surface area is 105 Å². The molecule has 0 saturated heterocycles. The number of oxazole rings is 1. The van der Waals surface area contributed by atoms with Crippen LogP contribution in [0.4, 0.5) is 13.2 Å². The van der Waals surface area contributed by atoms with E-state index in [0.29, 0.717) is 18.5 Å². The van der Waals surface area contributed by atoms with Crippen molar-refractivity contribution in [2.45, 2.75) is 26.1 Å². The summed E-state index contributed by atoms with van der Waals surface area (Å²) in [6, 6.07) is 3.27. The van der Waals surface area contributed by atoms with Gasteiger partial charge in [0.1, 0.15) is 0 Å². The maximum atomic E-state index is 12.3. The van der Waals surface area contributed by atoms with Crippen LogP contribution in [0.15, 0.2) is 27.4 Å². The van der Waals surface area contributed by atoms with Gasteiger partial charge in [-0.2, -0.15) is 13.2 Å². The monoisotopic (exact) mass is 273 g/mol. The van der Waals surface area contributed by atoms with Gasteiger partial charge in [-0.1, -0.05) is 6.92 Å². The zero-order chi connectivity index (χ0) is 14.2. The lowest BCUT2D eigenvalue weighted by molar-refractivity contribution is -0.0885. The minimum Gasteiger partial charge on any atom is -0.408 e. The van der Waals surface area contributed by atoms with Gasteiger partial charge in [0.15, 0.2) is 5.58 Å². The third-order valence-corrected chi connectivity index (χ3v) is 2.64. The minimum atomic E-state index is -4.94. The molecule has 0 saturated carbocycles. The molecule has 0 spiro atoms. The molecule has 2 rings (SSSR count). The van der Waals surface area contributed by atoms with Gasteiger partial charge in [-0.25, -0.2) is 4.79 Å². The third-order valence-electron chi connectivity index (χ3n) is 2.64. The van der Waals surface area contributed by atoms with Gasteiger partial charge in [-0.15, -0.1) is 0 Å². The normalized spacial score (nSPS) is 12.0. The summed E-state index contributed by atoms with van der Waals surface area (Å²) in [5.41, 5.74) is -0.184. The molecule has 0 aliphatic carbocycles. The summed E-state index contributed by atoms with van der Waals surface area (Å²) >= 11 is 0. The molecular weight excluding hydrogens is 263 g/mol. The fourth-order valence-electron chi connectivity index (χ4n) is 1.81. The van der Waals surface area contributed by atoms with E-state index in [4.69, 9.17) is 4.42 Å². The second-order valence-electron chi connectivity index (χ2n) is 4.03. The topological polar surface area (TPSA) is 52.2 Å². The van der Waals surface area contributed by atoms with E-state index in [0.717, 1.165) is 12.1 Å². The number of aryl methyl sites for hydroxylation is 1. The summed E-state index contributed by atoms with van der Waals surface area (Å²) in [7, 11) is 0. The number of fused-ring (bicyclic) bond motifs is 1. The first-order valence-electron chi connectivity index (χ1n) is 5.59. The second-order valence-corrected chi connectivity index (χ2v) is 4.03. The molecule has 0 atom stereocenters. The summed E-state index contributed by atoms with van der Waals surface area (Å²) < 4.78 is 43.0. The smallest absolute Gasteiger partial charge is 0.408 e. The number of ketones is 1. The summed E-state index contributed by atoms with van der Waals surface area (Å²) in [5, 5.41) is 0. The SMILES string of the molecule is CCCn1c(=O)oc2cc(C(=O)C(F)(F)F)ccc21. The molecule has 0 radical (unpaired) electrons. The molecule has 0 amide bonds. The van der Waals surface area contributed by atoms with Crippen LogP contribution in [-0.2, 0) is 6.54 Å².